The summed E-state index contributed by atoms with van der Waals surface area (Å²) in [5.74, 6) is 0. The molecule has 2 amide bonds. The first-order valence-corrected chi connectivity index (χ1v) is 6.89. The molecule has 0 atom stereocenters. The molecule has 6 heteroatoms. The molecule has 0 aromatic carbocycles. The lowest BCUT2D eigenvalue weighted by Crippen LogP contribution is -2.42. The van der Waals surface area contributed by atoms with E-state index >= 15 is 0 Å². The van der Waals surface area contributed by atoms with Gasteiger partial charge in [0.2, 0.25) is 0 Å². The quantitative estimate of drug-likeness (QED) is 0.658. The minimum absolute atomic E-state index is 0.00439. The Bertz CT molecular complexity index is 340. The summed E-state index contributed by atoms with van der Waals surface area (Å²) in [6, 6.07) is 1.79. The van der Waals surface area contributed by atoms with Gasteiger partial charge in [-0.15, -0.1) is 0 Å². The van der Waals surface area contributed by atoms with Gasteiger partial charge >= 0.3 is 6.03 Å². The molecule has 19 heavy (non-hydrogen) atoms. The Morgan fingerprint density at radius 2 is 2.26 bits per heavy atom. The van der Waals surface area contributed by atoms with E-state index in [1.165, 1.54) is 0 Å². The number of aliphatic hydroxyl groups is 1. The van der Waals surface area contributed by atoms with Crippen molar-refractivity contribution in [2.45, 2.75) is 32.7 Å². The van der Waals surface area contributed by atoms with Gasteiger partial charge in [-0.05, 0) is 18.9 Å². The van der Waals surface area contributed by atoms with E-state index in [0.29, 0.717) is 19.6 Å². The average Bonchev–Trinajstić information content (AvgIpc) is 2.92. The molecule has 0 radical (unpaired) electrons. The average molecular weight is 268 g/mol. The number of nitrogens with one attached hydrogen (secondary N) is 1. The molecule has 0 unspecified atom stereocenters. The Balaban J connectivity index is 2.19. The number of rotatable bonds is 9. The number of unbranched alkanes of at least 4 members (excludes halogenated alkanes) is 1. The fraction of sp³-hybridized carbons (Fsp3) is 0.692. The number of urea groups is 1. The van der Waals surface area contributed by atoms with Gasteiger partial charge in [0.25, 0.3) is 0 Å². The van der Waals surface area contributed by atoms with E-state index in [9.17, 15) is 4.79 Å². The van der Waals surface area contributed by atoms with Gasteiger partial charge in [0.1, 0.15) is 0 Å². The summed E-state index contributed by atoms with van der Waals surface area (Å²) in [5.41, 5.74) is 0. The summed E-state index contributed by atoms with van der Waals surface area (Å²) in [4.78, 5) is 13.5. The molecule has 6 nitrogen and oxygen atoms in total. The highest BCUT2D eigenvalue weighted by atomic mass is 16.3. The molecule has 1 rings (SSSR count). The Morgan fingerprint density at radius 3 is 2.89 bits per heavy atom. The summed E-state index contributed by atoms with van der Waals surface area (Å²) in [6.07, 6.45) is 6.48. The van der Waals surface area contributed by atoms with Gasteiger partial charge in [-0.1, -0.05) is 13.3 Å². The van der Waals surface area contributed by atoms with Crippen LogP contribution in [0, 0.1) is 0 Å². The minimum Gasteiger partial charge on any atom is -0.395 e. The number of hydrogen-bond donors (Lipinski definition) is 2. The van der Waals surface area contributed by atoms with E-state index in [1.807, 2.05) is 16.9 Å². The van der Waals surface area contributed by atoms with Crippen LogP contribution in [0.4, 0.5) is 4.79 Å². The van der Waals surface area contributed by atoms with Gasteiger partial charge in [-0.2, -0.15) is 5.10 Å². The van der Waals surface area contributed by atoms with Gasteiger partial charge < -0.3 is 15.3 Å². The molecular weight excluding hydrogens is 244 g/mol. The number of aryl methyl sites for hydroxylation is 1. The summed E-state index contributed by atoms with van der Waals surface area (Å²) >= 11 is 0. The van der Waals surface area contributed by atoms with Crippen LogP contribution >= 0.6 is 0 Å². The van der Waals surface area contributed by atoms with Crippen LogP contribution in [0.5, 0.6) is 0 Å². The van der Waals surface area contributed by atoms with Gasteiger partial charge in [-0.3, -0.25) is 4.68 Å². The SMILES string of the molecule is CCCCN(CCO)C(=O)NCCCn1cccn1. The summed E-state index contributed by atoms with van der Waals surface area (Å²) in [6.45, 7) is 4.59. The zero-order valence-electron chi connectivity index (χ0n) is 11.6. The van der Waals surface area contributed by atoms with Crippen molar-refractivity contribution in [2.24, 2.45) is 0 Å². The van der Waals surface area contributed by atoms with Crippen LogP contribution in [0.15, 0.2) is 18.5 Å². The molecule has 0 saturated heterocycles. The zero-order valence-corrected chi connectivity index (χ0v) is 11.6. The maximum Gasteiger partial charge on any atom is 0.317 e. The highest BCUT2D eigenvalue weighted by Crippen LogP contribution is 1.96. The Morgan fingerprint density at radius 1 is 1.42 bits per heavy atom. The number of aromatic nitrogens is 2. The molecule has 1 heterocycles. The second-order valence-electron chi connectivity index (χ2n) is 4.42. The van der Waals surface area contributed by atoms with E-state index in [2.05, 4.69) is 17.3 Å². The molecule has 108 valence electrons. The van der Waals surface area contributed by atoms with Crippen molar-refractivity contribution in [3.63, 3.8) is 0 Å². The lowest BCUT2D eigenvalue weighted by Gasteiger charge is -2.21. The van der Waals surface area contributed by atoms with Gasteiger partial charge in [-0.25, -0.2) is 4.79 Å². The van der Waals surface area contributed by atoms with Crippen molar-refractivity contribution in [3.8, 4) is 0 Å². The first-order valence-electron chi connectivity index (χ1n) is 6.89. The van der Waals surface area contributed by atoms with Gasteiger partial charge in [0.15, 0.2) is 0 Å². The topological polar surface area (TPSA) is 70.4 Å². The number of aliphatic hydroxyl groups excluding tert-OH is 1. The van der Waals surface area contributed by atoms with Gasteiger partial charge in [0, 0.05) is 38.6 Å². The fourth-order valence-corrected chi connectivity index (χ4v) is 1.77. The number of carbonyl (C=O) groups excluding carboxylic acids is 1. The van der Waals surface area contributed by atoms with Crippen molar-refractivity contribution in [2.75, 3.05) is 26.2 Å². The standard InChI is InChI=1S/C13H24N4O2/c1-2-3-8-16(11-12-18)13(19)14-6-4-9-17-10-5-7-15-17/h5,7,10,18H,2-4,6,8-9,11-12H2,1H3,(H,14,19). The van der Waals surface area contributed by atoms with Gasteiger partial charge in [0.05, 0.1) is 6.61 Å². The third-order valence-electron chi connectivity index (χ3n) is 2.84. The molecule has 0 aliphatic carbocycles. The lowest BCUT2D eigenvalue weighted by atomic mass is 10.3. The first kappa shape index (κ1) is 15.5. The number of hydrogen-bond acceptors (Lipinski definition) is 3. The highest BCUT2D eigenvalue weighted by Gasteiger charge is 2.11. The van der Waals surface area contributed by atoms with Crippen LogP contribution < -0.4 is 5.32 Å². The molecule has 0 saturated carbocycles. The maximum absolute atomic E-state index is 11.9. The number of carbonyl (C=O) groups is 1. The minimum atomic E-state index is -0.0945. The van der Waals surface area contributed by atoms with Crippen molar-refractivity contribution < 1.29 is 9.90 Å². The largest absolute Gasteiger partial charge is 0.395 e. The zero-order chi connectivity index (χ0) is 13.9. The number of nitrogens with zero attached hydrogens (tertiary/aromatic N) is 3. The van der Waals surface area contributed by atoms with Crippen LogP contribution in [-0.2, 0) is 6.54 Å². The lowest BCUT2D eigenvalue weighted by molar-refractivity contribution is 0.176. The number of amides is 2. The summed E-state index contributed by atoms with van der Waals surface area (Å²) in [5, 5.41) is 15.9. The molecular formula is C13H24N4O2. The fourth-order valence-electron chi connectivity index (χ4n) is 1.77. The molecule has 0 bridgehead atoms. The van der Waals surface area contributed by atoms with Crippen LogP contribution in [0.25, 0.3) is 0 Å². The smallest absolute Gasteiger partial charge is 0.317 e. The Labute approximate surface area is 114 Å². The van der Waals surface area contributed by atoms with Crippen molar-refractivity contribution >= 4 is 6.03 Å². The van der Waals surface area contributed by atoms with Crippen molar-refractivity contribution in [3.05, 3.63) is 18.5 Å². The molecule has 0 spiro atoms. The third-order valence-corrected chi connectivity index (χ3v) is 2.84. The Kier molecular flexibility index (Phi) is 7.65. The van der Waals surface area contributed by atoms with E-state index in [-0.39, 0.29) is 12.6 Å². The van der Waals surface area contributed by atoms with Crippen molar-refractivity contribution in [1.82, 2.24) is 20.0 Å². The predicted molar refractivity (Wildman–Crippen MR) is 73.8 cm³/mol. The molecule has 0 fully saturated rings. The van der Waals surface area contributed by atoms with E-state index in [4.69, 9.17) is 5.11 Å². The Hall–Kier alpha value is -1.56. The normalized spacial score (nSPS) is 10.4. The molecule has 0 aliphatic rings. The van der Waals surface area contributed by atoms with E-state index in [1.54, 1.807) is 11.1 Å². The highest BCUT2D eigenvalue weighted by molar-refractivity contribution is 5.74. The second-order valence-corrected chi connectivity index (χ2v) is 4.42. The maximum atomic E-state index is 11.9. The van der Waals surface area contributed by atoms with Crippen LogP contribution in [-0.4, -0.2) is 52.1 Å². The van der Waals surface area contributed by atoms with Crippen LogP contribution in [0.2, 0.25) is 0 Å². The monoisotopic (exact) mass is 268 g/mol. The van der Waals surface area contributed by atoms with E-state index in [0.717, 1.165) is 25.8 Å². The molecule has 1 aromatic rings. The summed E-state index contributed by atoms with van der Waals surface area (Å²) in [7, 11) is 0. The first-order chi connectivity index (χ1) is 9.27. The molecule has 1 aromatic heterocycles. The van der Waals surface area contributed by atoms with Crippen LogP contribution in [0.1, 0.15) is 26.2 Å². The predicted octanol–water partition coefficient (Wildman–Crippen LogP) is 1.08. The second kappa shape index (κ2) is 9.38. The van der Waals surface area contributed by atoms with E-state index < -0.39 is 0 Å². The van der Waals surface area contributed by atoms with Crippen molar-refractivity contribution in [1.29, 1.82) is 0 Å². The molecule has 2 N–H and O–H groups in total. The van der Waals surface area contributed by atoms with Crippen LogP contribution in [0.3, 0.4) is 0 Å². The summed E-state index contributed by atoms with van der Waals surface area (Å²) < 4.78 is 1.84. The third kappa shape index (κ3) is 6.24. The molecule has 0 aliphatic heterocycles.